The number of ether oxygens (including phenoxy) is 1. The molecule has 6 N–H and O–H groups in total. The summed E-state index contributed by atoms with van der Waals surface area (Å²) in [7, 11) is 0. The number of phenolic OH excluding ortho intramolecular Hbond substituents is 2. The second-order valence-electron chi connectivity index (χ2n) is 5.66. The number of aryl methyl sites for hydroxylation is 1. The van der Waals surface area contributed by atoms with Crippen molar-refractivity contribution in [1.29, 1.82) is 0 Å². The molecule has 5 atom stereocenters. The summed E-state index contributed by atoms with van der Waals surface area (Å²) in [5.41, 5.74) is 0.595. The summed E-state index contributed by atoms with van der Waals surface area (Å²) >= 11 is 0. The van der Waals surface area contributed by atoms with Gasteiger partial charge in [0.05, 0.1) is 18.8 Å². The van der Waals surface area contributed by atoms with Crippen molar-refractivity contribution < 1.29 is 35.4 Å². The molecule has 2 unspecified atom stereocenters. The molecule has 1 saturated heterocycles. The highest BCUT2D eigenvalue weighted by molar-refractivity contribution is 5.38. The molecule has 1 aliphatic heterocycles. The Bertz CT molecular complexity index is 493. The summed E-state index contributed by atoms with van der Waals surface area (Å²) in [6.45, 7) is -0.0889. The minimum atomic E-state index is -1.29. The van der Waals surface area contributed by atoms with Crippen LogP contribution in [-0.4, -0.2) is 67.8 Å². The third-order valence-electron chi connectivity index (χ3n) is 3.93. The highest BCUT2D eigenvalue weighted by Crippen LogP contribution is 2.25. The maximum atomic E-state index is 10.0. The Labute approximate surface area is 128 Å². The monoisotopic (exact) mass is 314 g/mol. The third kappa shape index (κ3) is 4.08. The number of hydrogen-bond donors (Lipinski definition) is 6. The fraction of sp³-hybridized carbons (Fsp3) is 0.600. The molecule has 0 aliphatic carbocycles. The summed E-state index contributed by atoms with van der Waals surface area (Å²) in [6.07, 6.45) is -4.38. The first-order valence-corrected chi connectivity index (χ1v) is 7.23. The van der Waals surface area contributed by atoms with Gasteiger partial charge < -0.3 is 35.4 Å². The second kappa shape index (κ2) is 7.26. The number of rotatable bonds is 5. The lowest BCUT2D eigenvalue weighted by Gasteiger charge is -2.36. The van der Waals surface area contributed by atoms with Crippen molar-refractivity contribution >= 4 is 0 Å². The molecule has 1 fully saturated rings. The fourth-order valence-electron chi connectivity index (χ4n) is 2.55. The van der Waals surface area contributed by atoms with Crippen LogP contribution in [0.25, 0.3) is 0 Å². The quantitative estimate of drug-likeness (QED) is 0.422. The van der Waals surface area contributed by atoms with Crippen molar-refractivity contribution in [2.24, 2.45) is 0 Å². The van der Waals surface area contributed by atoms with Crippen LogP contribution >= 0.6 is 0 Å². The van der Waals surface area contributed by atoms with Gasteiger partial charge in [0.25, 0.3) is 0 Å². The molecule has 0 bridgehead atoms. The van der Waals surface area contributed by atoms with E-state index in [1.807, 2.05) is 0 Å². The molecule has 1 aromatic rings. The Hall–Kier alpha value is -1.38. The van der Waals surface area contributed by atoms with E-state index in [2.05, 4.69) is 0 Å². The SMILES string of the molecule is Oc1ccc(CCC(O)CC2OC[C@@H](O)[C@H](O)[C@H]2O)c(O)c1. The van der Waals surface area contributed by atoms with Crippen LogP contribution in [0.15, 0.2) is 18.2 Å². The maximum absolute atomic E-state index is 10.0. The van der Waals surface area contributed by atoms with Gasteiger partial charge in [-0.15, -0.1) is 0 Å². The minimum absolute atomic E-state index is 0.0342. The topological polar surface area (TPSA) is 131 Å². The van der Waals surface area contributed by atoms with Gasteiger partial charge in [-0.25, -0.2) is 0 Å². The molecule has 0 amide bonds. The van der Waals surface area contributed by atoms with E-state index < -0.39 is 30.5 Å². The van der Waals surface area contributed by atoms with Gasteiger partial charge in [0.15, 0.2) is 0 Å². The van der Waals surface area contributed by atoms with Crippen molar-refractivity contribution in [2.75, 3.05) is 6.61 Å². The molecule has 1 aromatic carbocycles. The number of benzene rings is 1. The summed E-state index contributed by atoms with van der Waals surface area (Å²) in [6, 6.07) is 4.25. The molecule has 1 aliphatic rings. The number of aliphatic hydroxyl groups excluding tert-OH is 4. The average molecular weight is 314 g/mol. The molecule has 0 saturated carbocycles. The Kier molecular flexibility index (Phi) is 5.60. The minimum Gasteiger partial charge on any atom is -0.508 e. The molecule has 0 spiro atoms. The number of aromatic hydroxyl groups is 2. The standard InChI is InChI=1S/C15H22O7/c16-9-3-1-8(11(18)5-9)2-4-10(17)6-13-15(21)14(20)12(19)7-22-13/h1,3,5,10,12-21H,2,4,6-7H2/t10?,12-,13?,14+,15+/m1/s1. The predicted octanol–water partition coefficient (Wildman–Crippen LogP) is -0.737. The zero-order chi connectivity index (χ0) is 16.3. The van der Waals surface area contributed by atoms with E-state index in [1.165, 1.54) is 12.1 Å². The Balaban J connectivity index is 1.84. The van der Waals surface area contributed by atoms with Gasteiger partial charge in [-0.05, 0) is 24.5 Å². The van der Waals surface area contributed by atoms with Crippen molar-refractivity contribution in [3.8, 4) is 11.5 Å². The van der Waals surface area contributed by atoms with Crippen LogP contribution in [0.2, 0.25) is 0 Å². The van der Waals surface area contributed by atoms with Gasteiger partial charge in [0.1, 0.15) is 29.8 Å². The summed E-state index contributed by atoms with van der Waals surface area (Å²) < 4.78 is 5.23. The molecule has 22 heavy (non-hydrogen) atoms. The number of hydrogen-bond acceptors (Lipinski definition) is 7. The van der Waals surface area contributed by atoms with E-state index in [0.717, 1.165) is 0 Å². The molecule has 124 valence electrons. The highest BCUT2D eigenvalue weighted by atomic mass is 16.5. The van der Waals surface area contributed by atoms with Crippen LogP contribution in [-0.2, 0) is 11.2 Å². The zero-order valence-electron chi connectivity index (χ0n) is 12.0. The van der Waals surface area contributed by atoms with E-state index in [9.17, 15) is 30.6 Å². The van der Waals surface area contributed by atoms with Crippen LogP contribution in [0.5, 0.6) is 11.5 Å². The van der Waals surface area contributed by atoms with Crippen LogP contribution in [0.3, 0.4) is 0 Å². The summed E-state index contributed by atoms with van der Waals surface area (Å²) in [4.78, 5) is 0. The molecule has 7 heteroatoms. The van der Waals surface area contributed by atoms with Crippen molar-refractivity contribution in [3.05, 3.63) is 23.8 Å². The predicted molar refractivity (Wildman–Crippen MR) is 76.5 cm³/mol. The van der Waals surface area contributed by atoms with Gasteiger partial charge in [-0.2, -0.15) is 0 Å². The van der Waals surface area contributed by atoms with Gasteiger partial charge in [0.2, 0.25) is 0 Å². The van der Waals surface area contributed by atoms with Gasteiger partial charge in [-0.3, -0.25) is 0 Å². The number of aliphatic hydroxyl groups is 4. The van der Waals surface area contributed by atoms with E-state index in [4.69, 9.17) is 4.74 Å². The average Bonchev–Trinajstić information content (AvgIpc) is 2.47. The van der Waals surface area contributed by atoms with E-state index >= 15 is 0 Å². The van der Waals surface area contributed by atoms with Crippen LogP contribution in [0.4, 0.5) is 0 Å². The largest absolute Gasteiger partial charge is 0.508 e. The Morgan fingerprint density at radius 2 is 1.86 bits per heavy atom. The smallest absolute Gasteiger partial charge is 0.122 e. The summed E-state index contributed by atoms with van der Waals surface area (Å²) in [5.74, 6) is -0.0761. The van der Waals surface area contributed by atoms with E-state index in [0.29, 0.717) is 18.4 Å². The zero-order valence-corrected chi connectivity index (χ0v) is 12.0. The lowest BCUT2D eigenvalue weighted by molar-refractivity contribution is -0.193. The second-order valence-corrected chi connectivity index (χ2v) is 5.66. The van der Waals surface area contributed by atoms with Crippen LogP contribution in [0.1, 0.15) is 18.4 Å². The lowest BCUT2D eigenvalue weighted by Crippen LogP contribution is -2.53. The van der Waals surface area contributed by atoms with Crippen molar-refractivity contribution in [2.45, 2.75) is 49.8 Å². The molecular weight excluding hydrogens is 292 g/mol. The third-order valence-corrected chi connectivity index (χ3v) is 3.93. The lowest BCUT2D eigenvalue weighted by atomic mass is 9.94. The van der Waals surface area contributed by atoms with Gasteiger partial charge in [0, 0.05) is 12.5 Å². The fourth-order valence-corrected chi connectivity index (χ4v) is 2.55. The van der Waals surface area contributed by atoms with Gasteiger partial charge in [-0.1, -0.05) is 6.07 Å². The van der Waals surface area contributed by atoms with Crippen molar-refractivity contribution in [3.63, 3.8) is 0 Å². The molecule has 0 radical (unpaired) electrons. The normalized spacial score (nSPS) is 30.2. The van der Waals surface area contributed by atoms with Crippen LogP contribution < -0.4 is 0 Å². The summed E-state index contributed by atoms with van der Waals surface area (Å²) in [5, 5.41) is 57.6. The molecule has 7 nitrogen and oxygen atoms in total. The molecule has 2 rings (SSSR count). The first kappa shape index (κ1) is 17.0. The number of phenols is 2. The first-order chi connectivity index (χ1) is 10.4. The van der Waals surface area contributed by atoms with E-state index in [-0.39, 0.29) is 24.5 Å². The van der Waals surface area contributed by atoms with Gasteiger partial charge >= 0.3 is 0 Å². The molecular formula is C15H22O7. The molecule has 1 heterocycles. The van der Waals surface area contributed by atoms with Crippen LogP contribution in [0, 0.1) is 0 Å². The first-order valence-electron chi connectivity index (χ1n) is 7.23. The maximum Gasteiger partial charge on any atom is 0.122 e. The molecule has 0 aromatic heterocycles. The highest BCUT2D eigenvalue weighted by Gasteiger charge is 2.38. The Morgan fingerprint density at radius 1 is 1.14 bits per heavy atom. The van der Waals surface area contributed by atoms with Crippen molar-refractivity contribution in [1.82, 2.24) is 0 Å². The Morgan fingerprint density at radius 3 is 2.55 bits per heavy atom. The van der Waals surface area contributed by atoms with E-state index in [1.54, 1.807) is 6.07 Å².